The molecule has 1 amide bonds. The first-order chi connectivity index (χ1) is 22.5. The lowest BCUT2D eigenvalue weighted by Gasteiger charge is -2.25. The minimum Gasteiger partial charge on any atom is -0.444 e. The highest BCUT2D eigenvalue weighted by atomic mass is 28.3. The lowest BCUT2D eigenvalue weighted by atomic mass is 9.93. The van der Waals surface area contributed by atoms with Crippen molar-refractivity contribution in [1.82, 2.24) is 19.6 Å². The largest absolute Gasteiger partial charge is 0.444 e. The number of halogens is 2. The number of rotatable bonds is 9. The van der Waals surface area contributed by atoms with E-state index >= 15 is 8.78 Å². The molecule has 1 aliphatic rings. The van der Waals surface area contributed by atoms with Gasteiger partial charge in [0.25, 0.3) is 0 Å². The summed E-state index contributed by atoms with van der Waals surface area (Å²) < 4.78 is 44.9. The summed E-state index contributed by atoms with van der Waals surface area (Å²) in [6.07, 6.45) is 0.358. The SMILES string of the molecule is CN1CCc2ccc(-c3nn(COCC[Si](C)(C)C)c4cc(C#N)c(-c5c(F)cc(CN(C)C(=O)OC(C)(C)C)cc5F)cc34)cc2C1. The van der Waals surface area contributed by atoms with Gasteiger partial charge in [-0.3, -0.25) is 0 Å². The first-order valence-electron chi connectivity index (χ1n) is 16.3. The molecule has 1 aliphatic heterocycles. The van der Waals surface area contributed by atoms with Gasteiger partial charge in [0.1, 0.15) is 29.7 Å². The highest BCUT2D eigenvalue weighted by Gasteiger charge is 2.24. The number of amides is 1. The molecule has 1 aromatic heterocycles. The molecular weight excluding hydrogens is 629 g/mol. The van der Waals surface area contributed by atoms with E-state index in [0.29, 0.717) is 23.2 Å². The lowest BCUT2D eigenvalue weighted by Crippen LogP contribution is -2.33. The molecule has 0 bridgehead atoms. The van der Waals surface area contributed by atoms with Gasteiger partial charge in [-0.25, -0.2) is 18.3 Å². The normalized spacial score (nSPS) is 13.8. The molecule has 0 fully saturated rings. The number of carbonyl (C=O) groups excluding carboxylic acids is 1. The molecule has 3 aromatic carbocycles. The molecule has 254 valence electrons. The van der Waals surface area contributed by atoms with Gasteiger partial charge in [-0.05, 0) is 87.3 Å². The maximum Gasteiger partial charge on any atom is 0.410 e. The monoisotopic (exact) mass is 673 g/mol. The van der Waals surface area contributed by atoms with Crippen molar-refractivity contribution < 1.29 is 23.0 Å². The van der Waals surface area contributed by atoms with E-state index in [0.717, 1.165) is 31.1 Å². The predicted molar refractivity (Wildman–Crippen MR) is 187 cm³/mol. The average Bonchev–Trinajstić information content (AvgIpc) is 3.34. The zero-order valence-corrected chi connectivity index (χ0v) is 30.2. The number of carbonyl (C=O) groups is 1. The fourth-order valence-corrected chi connectivity index (χ4v) is 6.61. The standard InChI is InChI=1S/C37H45F2N5O3Si/c1-37(2,3)47-36(45)43(5)21-24-15-31(38)34(32(39)16-24)29-19-30-33(18-27(29)20-40)44(23-46-13-14-48(6,7)8)41-35(30)26-10-9-25-11-12-42(4)22-28(25)17-26/h9-10,15-19H,11-14,21-23H2,1-8H3. The van der Waals surface area contributed by atoms with Crippen LogP contribution in [0.4, 0.5) is 13.6 Å². The second-order valence-electron chi connectivity index (χ2n) is 15.0. The summed E-state index contributed by atoms with van der Waals surface area (Å²) in [4.78, 5) is 16.0. The van der Waals surface area contributed by atoms with E-state index in [1.807, 2.05) is 6.07 Å². The Balaban J connectivity index is 1.57. The first kappa shape index (κ1) is 35.2. The molecule has 11 heteroatoms. The molecule has 0 aliphatic carbocycles. The molecular formula is C37H45F2N5O3Si. The van der Waals surface area contributed by atoms with Crippen LogP contribution >= 0.6 is 0 Å². The van der Waals surface area contributed by atoms with Gasteiger partial charge in [-0.15, -0.1) is 0 Å². The van der Waals surface area contributed by atoms with Crippen molar-refractivity contribution in [3.63, 3.8) is 0 Å². The Morgan fingerprint density at radius 2 is 1.79 bits per heavy atom. The third-order valence-electron chi connectivity index (χ3n) is 8.40. The minimum absolute atomic E-state index is 0.0602. The molecule has 8 nitrogen and oxygen atoms in total. The molecule has 2 heterocycles. The fourth-order valence-electron chi connectivity index (χ4n) is 5.86. The smallest absolute Gasteiger partial charge is 0.410 e. The highest BCUT2D eigenvalue weighted by molar-refractivity contribution is 6.76. The van der Waals surface area contributed by atoms with E-state index in [2.05, 4.69) is 49.8 Å². The van der Waals surface area contributed by atoms with Gasteiger partial charge in [0.2, 0.25) is 0 Å². The third-order valence-corrected chi connectivity index (χ3v) is 10.1. The van der Waals surface area contributed by atoms with Crippen LogP contribution in [0.5, 0.6) is 0 Å². The molecule has 0 saturated heterocycles. The molecule has 0 unspecified atom stereocenters. The van der Waals surface area contributed by atoms with Crippen LogP contribution in [0, 0.1) is 23.0 Å². The van der Waals surface area contributed by atoms with Gasteiger partial charge in [0.05, 0.1) is 22.7 Å². The zero-order chi connectivity index (χ0) is 35.0. The number of benzene rings is 3. The maximum absolute atomic E-state index is 15.9. The van der Waals surface area contributed by atoms with E-state index in [1.54, 1.807) is 37.6 Å². The molecule has 4 aromatic rings. The Kier molecular flexibility index (Phi) is 10.1. The van der Waals surface area contributed by atoms with Crippen molar-refractivity contribution >= 4 is 25.1 Å². The molecule has 0 atom stereocenters. The van der Waals surface area contributed by atoms with E-state index in [4.69, 9.17) is 14.6 Å². The van der Waals surface area contributed by atoms with Crippen molar-refractivity contribution in [2.75, 3.05) is 27.2 Å². The number of hydrogen-bond donors (Lipinski definition) is 0. The summed E-state index contributed by atoms with van der Waals surface area (Å²) >= 11 is 0. The van der Waals surface area contributed by atoms with Crippen molar-refractivity contribution in [2.45, 2.75) is 78.3 Å². The van der Waals surface area contributed by atoms with Crippen LogP contribution in [0.3, 0.4) is 0 Å². The average molecular weight is 674 g/mol. The first-order valence-corrected chi connectivity index (χ1v) is 20.0. The summed E-state index contributed by atoms with van der Waals surface area (Å²) in [6, 6.07) is 15.1. The number of hydrogen-bond acceptors (Lipinski definition) is 6. The number of fused-ring (bicyclic) bond motifs is 2. The minimum atomic E-state index is -1.31. The number of nitrogens with zero attached hydrogens (tertiary/aromatic N) is 5. The van der Waals surface area contributed by atoms with Crippen LogP contribution in [0.2, 0.25) is 25.7 Å². The summed E-state index contributed by atoms with van der Waals surface area (Å²) in [5.41, 5.74) is 4.16. The quantitative estimate of drug-likeness (QED) is 0.132. The van der Waals surface area contributed by atoms with Crippen LogP contribution in [-0.4, -0.2) is 66.6 Å². The van der Waals surface area contributed by atoms with E-state index in [-0.39, 0.29) is 35.5 Å². The van der Waals surface area contributed by atoms with Gasteiger partial charge in [-0.2, -0.15) is 10.4 Å². The van der Waals surface area contributed by atoms with Gasteiger partial charge < -0.3 is 19.3 Å². The van der Waals surface area contributed by atoms with Crippen molar-refractivity contribution in [1.29, 1.82) is 5.26 Å². The van der Waals surface area contributed by atoms with E-state index < -0.39 is 31.4 Å². The van der Waals surface area contributed by atoms with E-state index in [1.165, 1.54) is 35.2 Å². The Labute approximate surface area is 282 Å². The highest BCUT2D eigenvalue weighted by Crippen LogP contribution is 2.38. The molecule has 0 spiro atoms. The fraction of sp³-hybridized carbons (Fsp3) is 0.432. The summed E-state index contributed by atoms with van der Waals surface area (Å²) in [5, 5.41) is 15.8. The third kappa shape index (κ3) is 8.12. The Morgan fingerprint density at radius 3 is 2.44 bits per heavy atom. The summed E-state index contributed by atoms with van der Waals surface area (Å²) in [6.45, 7) is 14.6. The van der Waals surface area contributed by atoms with Gasteiger partial charge in [0.15, 0.2) is 0 Å². The van der Waals surface area contributed by atoms with Crippen LogP contribution in [0.15, 0.2) is 42.5 Å². The summed E-state index contributed by atoms with van der Waals surface area (Å²) in [5.74, 6) is -1.67. The van der Waals surface area contributed by atoms with Crippen LogP contribution in [0.25, 0.3) is 33.3 Å². The van der Waals surface area contributed by atoms with Gasteiger partial charge >= 0.3 is 6.09 Å². The topological polar surface area (TPSA) is 83.6 Å². The maximum atomic E-state index is 15.9. The van der Waals surface area contributed by atoms with Crippen molar-refractivity contribution in [3.8, 4) is 28.5 Å². The number of likely N-dealkylation sites (N-methyl/N-ethyl adjacent to an activating group) is 1. The van der Waals surface area contributed by atoms with Crippen LogP contribution < -0.4 is 0 Å². The Hall–Kier alpha value is -4.11. The Morgan fingerprint density at radius 1 is 1.08 bits per heavy atom. The lowest BCUT2D eigenvalue weighted by molar-refractivity contribution is 0.0284. The second kappa shape index (κ2) is 13.8. The zero-order valence-electron chi connectivity index (χ0n) is 29.2. The number of aromatic nitrogens is 2. The second-order valence-corrected chi connectivity index (χ2v) is 20.6. The molecule has 0 N–H and O–H groups in total. The van der Waals surface area contributed by atoms with Crippen molar-refractivity contribution in [3.05, 3.63) is 76.4 Å². The van der Waals surface area contributed by atoms with Crippen LogP contribution in [-0.2, 0) is 35.7 Å². The van der Waals surface area contributed by atoms with Gasteiger partial charge in [0, 0.05) is 57.9 Å². The van der Waals surface area contributed by atoms with Crippen molar-refractivity contribution in [2.24, 2.45) is 0 Å². The molecule has 0 radical (unpaired) electrons. The summed E-state index contributed by atoms with van der Waals surface area (Å²) in [7, 11) is 2.29. The van der Waals surface area contributed by atoms with E-state index in [9.17, 15) is 10.1 Å². The molecule has 0 saturated carbocycles. The number of ether oxygens (including phenoxy) is 2. The predicted octanol–water partition coefficient (Wildman–Crippen LogP) is 8.19. The van der Waals surface area contributed by atoms with Gasteiger partial charge in [-0.1, -0.05) is 31.8 Å². The number of nitriles is 1. The van der Waals surface area contributed by atoms with Crippen LogP contribution in [0.1, 0.15) is 43.0 Å². The molecule has 48 heavy (non-hydrogen) atoms. The Bertz CT molecular complexity index is 1860. The molecule has 5 rings (SSSR count).